The second kappa shape index (κ2) is 8.17. The van der Waals surface area contributed by atoms with Gasteiger partial charge in [0.2, 0.25) is 6.33 Å². The van der Waals surface area contributed by atoms with Crippen molar-refractivity contribution in [1.29, 1.82) is 0 Å². The lowest BCUT2D eigenvalue weighted by Crippen LogP contribution is -2.23. The molecule has 0 unspecified atom stereocenters. The lowest BCUT2D eigenvalue weighted by Gasteiger charge is -1.81. The van der Waals surface area contributed by atoms with E-state index in [9.17, 15) is 0 Å². The van der Waals surface area contributed by atoms with Crippen molar-refractivity contribution < 1.29 is 4.57 Å². The number of aromatic nitrogens is 2. The third-order valence-electron chi connectivity index (χ3n) is 1.60. The maximum absolute atomic E-state index is 2.17. The van der Waals surface area contributed by atoms with Crippen LogP contribution < -0.4 is 4.57 Å². The molecule has 0 N–H and O–H groups in total. The molecule has 0 radical (unpaired) electrons. The Morgan fingerprint density at radius 1 is 1.23 bits per heavy atom. The molecule has 1 aromatic rings. The van der Waals surface area contributed by atoms with Crippen molar-refractivity contribution >= 4 is 11.8 Å². The highest BCUT2D eigenvalue weighted by atomic mass is 32.2. The minimum absolute atomic E-state index is 1.06. The Kier molecular flexibility index (Phi) is 7.90. The van der Waals surface area contributed by atoms with Gasteiger partial charge in [-0.2, -0.15) is 11.8 Å². The molecule has 76 valence electrons. The summed E-state index contributed by atoms with van der Waals surface area (Å²) in [5, 5.41) is 0. The highest BCUT2D eigenvalue weighted by molar-refractivity contribution is 7.99. The number of hydrogen-bond donors (Lipinski definition) is 0. The highest BCUT2D eigenvalue weighted by Gasteiger charge is 1.92. The molecule has 0 amide bonds. The molecule has 1 rings (SSSR count). The van der Waals surface area contributed by atoms with Crippen LogP contribution in [-0.4, -0.2) is 16.1 Å². The third-order valence-corrected chi connectivity index (χ3v) is 2.41. The predicted molar refractivity (Wildman–Crippen MR) is 60.0 cm³/mol. The molecule has 3 heteroatoms. The molecular formula is C10H21N2S+. The fraction of sp³-hybridized carbons (Fsp3) is 0.700. The van der Waals surface area contributed by atoms with E-state index in [1.807, 2.05) is 29.6 Å². The van der Waals surface area contributed by atoms with Crippen LogP contribution in [0.4, 0.5) is 0 Å². The summed E-state index contributed by atoms with van der Waals surface area (Å²) in [5.41, 5.74) is 0. The van der Waals surface area contributed by atoms with Gasteiger partial charge in [0.15, 0.2) is 0 Å². The van der Waals surface area contributed by atoms with E-state index in [-0.39, 0.29) is 0 Å². The molecule has 0 aliphatic carbocycles. The highest BCUT2D eigenvalue weighted by Crippen LogP contribution is 1.93. The minimum atomic E-state index is 1.06. The number of nitrogens with zero attached hydrogens (tertiary/aromatic N) is 2. The van der Waals surface area contributed by atoms with Crippen LogP contribution in [0.1, 0.15) is 20.8 Å². The van der Waals surface area contributed by atoms with Crippen LogP contribution in [0.2, 0.25) is 0 Å². The Labute approximate surface area is 86.0 Å². The maximum atomic E-state index is 2.17. The molecule has 13 heavy (non-hydrogen) atoms. The van der Waals surface area contributed by atoms with Gasteiger partial charge in [-0.25, -0.2) is 9.13 Å². The van der Waals surface area contributed by atoms with Gasteiger partial charge in [-0.3, -0.25) is 0 Å². The van der Waals surface area contributed by atoms with Gasteiger partial charge in [0.05, 0.1) is 13.6 Å². The molecule has 1 heterocycles. The van der Waals surface area contributed by atoms with E-state index in [2.05, 4.69) is 37.9 Å². The van der Waals surface area contributed by atoms with Gasteiger partial charge in [0.1, 0.15) is 12.4 Å². The second-order valence-electron chi connectivity index (χ2n) is 2.69. The smallest absolute Gasteiger partial charge is 0.240 e. The normalized spacial score (nSPS) is 9.23. The average Bonchev–Trinajstić information content (AvgIpc) is 2.54. The average molecular weight is 201 g/mol. The lowest BCUT2D eigenvalue weighted by molar-refractivity contribution is -0.671. The van der Waals surface area contributed by atoms with Crippen molar-refractivity contribution in [1.82, 2.24) is 4.57 Å². The van der Waals surface area contributed by atoms with E-state index in [0.29, 0.717) is 0 Å². The number of imidazole rings is 1. The van der Waals surface area contributed by atoms with Crippen molar-refractivity contribution in [3.05, 3.63) is 18.7 Å². The van der Waals surface area contributed by atoms with E-state index >= 15 is 0 Å². The zero-order valence-corrected chi connectivity index (χ0v) is 9.97. The first kappa shape index (κ1) is 12.6. The van der Waals surface area contributed by atoms with Gasteiger partial charge in [-0.1, -0.05) is 13.8 Å². The Balaban J connectivity index is 0.000000252. The number of aryl methyl sites for hydroxylation is 2. The van der Waals surface area contributed by atoms with Crippen molar-refractivity contribution in [2.24, 2.45) is 7.05 Å². The zero-order chi connectivity index (χ0) is 10.1. The first-order valence-electron chi connectivity index (χ1n) is 4.83. The van der Waals surface area contributed by atoms with Gasteiger partial charge >= 0.3 is 0 Å². The summed E-state index contributed by atoms with van der Waals surface area (Å²) in [6.07, 6.45) is 6.14. The largest absolute Gasteiger partial charge is 0.243 e. The first-order chi connectivity index (χ1) is 6.24. The van der Waals surface area contributed by atoms with E-state index in [4.69, 9.17) is 0 Å². The van der Waals surface area contributed by atoms with Crippen LogP contribution in [0.5, 0.6) is 0 Å². The topological polar surface area (TPSA) is 8.81 Å². The van der Waals surface area contributed by atoms with Gasteiger partial charge in [-0.05, 0) is 18.4 Å². The van der Waals surface area contributed by atoms with Crippen LogP contribution in [0.3, 0.4) is 0 Å². The fourth-order valence-electron chi connectivity index (χ4n) is 0.893. The SMILES string of the molecule is CCSCC.CCn1cc[n+](C)c1. The van der Waals surface area contributed by atoms with E-state index in [1.54, 1.807) is 0 Å². The first-order valence-corrected chi connectivity index (χ1v) is 5.98. The lowest BCUT2D eigenvalue weighted by atomic mass is 10.7. The molecule has 0 atom stereocenters. The van der Waals surface area contributed by atoms with E-state index in [1.165, 1.54) is 11.5 Å². The fourth-order valence-corrected chi connectivity index (χ4v) is 1.30. The van der Waals surface area contributed by atoms with Gasteiger partial charge in [0.25, 0.3) is 0 Å². The van der Waals surface area contributed by atoms with Crippen LogP contribution in [-0.2, 0) is 13.6 Å². The summed E-state index contributed by atoms with van der Waals surface area (Å²) < 4.78 is 4.16. The van der Waals surface area contributed by atoms with Crippen molar-refractivity contribution in [2.45, 2.75) is 27.3 Å². The standard InChI is InChI=1S/C6H11N2.C4H10S/c1-3-8-5-4-7(2)6-8;1-3-5-4-2/h4-6H,3H2,1-2H3;3-4H2,1-2H3/q+1;. The molecule has 0 aliphatic heterocycles. The monoisotopic (exact) mass is 201 g/mol. The van der Waals surface area contributed by atoms with Crippen molar-refractivity contribution in [3.8, 4) is 0 Å². The number of hydrogen-bond acceptors (Lipinski definition) is 1. The van der Waals surface area contributed by atoms with Crippen LogP contribution >= 0.6 is 11.8 Å². The molecule has 0 saturated carbocycles. The Morgan fingerprint density at radius 2 is 1.85 bits per heavy atom. The zero-order valence-electron chi connectivity index (χ0n) is 9.16. The quantitative estimate of drug-likeness (QED) is 0.680. The summed E-state index contributed by atoms with van der Waals surface area (Å²) >= 11 is 1.96. The maximum Gasteiger partial charge on any atom is 0.243 e. The van der Waals surface area contributed by atoms with Crippen LogP contribution in [0, 0.1) is 0 Å². The molecule has 1 aromatic heterocycles. The van der Waals surface area contributed by atoms with E-state index in [0.717, 1.165) is 6.54 Å². The Bertz CT molecular complexity index is 206. The Hall–Kier alpha value is -0.440. The minimum Gasteiger partial charge on any atom is -0.240 e. The molecule has 0 spiro atoms. The van der Waals surface area contributed by atoms with Gasteiger partial charge < -0.3 is 0 Å². The number of rotatable bonds is 3. The Morgan fingerprint density at radius 3 is 2.00 bits per heavy atom. The summed E-state index contributed by atoms with van der Waals surface area (Å²) in [4.78, 5) is 0. The van der Waals surface area contributed by atoms with E-state index < -0.39 is 0 Å². The molecular weight excluding hydrogens is 180 g/mol. The molecule has 0 aromatic carbocycles. The molecule has 2 nitrogen and oxygen atoms in total. The third kappa shape index (κ3) is 6.70. The summed E-state index contributed by atoms with van der Waals surface area (Å²) in [6, 6.07) is 0. The summed E-state index contributed by atoms with van der Waals surface area (Å²) in [6.45, 7) is 7.53. The molecule has 0 saturated heterocycles. The molecule has 0 fully saturated rings. The van der Waals surface area contributed by atoms with Gasteiger partial charge in [0, 0.05) is 0 Å². The second-order valence-corrected chi connectivity index (χ2v) is 4.25. The molecule has 0 aliphatic rings. The van der Waals surface area contributed by atoms with Crippen molar-refractivity contribution in [3.63, 3.8) is 0 Å². The molecule has 0 bridgehead atoms. The van der Waals surface area contributed by atoms with Gasteiger partial charge in [-0.15, -0.1) is 0 Å². The van der Waals surface area contributed by atoms with Crippen LogP contribution in [0.15, 0.2) is 18.7 Å². The van der Waals surface area contributed by atoms with Crippen LogP contribution in [0.25, 0.3) is 0 Å². The summed E-state index contributed by atoms with van der Waals surface area (Å²) in [5.74, 6) is 2.52. The predicted octanol–water partition coefficient (Wildman–Crippen LogP) is 2.09. The van der Waals surface area contributed by atoms with Crippen molar-refractivity contribution in [2.75, 3.05) is 11.5 Å². The number of thioether (sulfide) groups is 1. The summed E-state index contributed by atoms with van der Waals surface area (Å²) in [7, 11) is 2.02.